The lowest BCUT2D eigenvalue weighted by Crippen LogP contribution is -2.23. The van der Waals surface area contributed by atoms with E-state index in [9.17, 15) is 14.4 Å². The van der Waals surface area contributed by atoms with Gasteiger partial charge in [-0.2, -0.15) is 0 Å². The van der Waals surface area contributed by atoms with Crippen molar-refractivity contribution in [1.29, 1.82) is 0 Å². The fourth-order valence-electron chi connectivity index (χ4n) is 1.56. The first-order valence-electron chi connectivity index (χ1n) is 6.31. The summed E-state index contributed by atoms with van der Waals surface area (Å²) in [6.45, 7) is 1.47. The van der Waals surface area contributed by atoms with Gasteiger partial charge < -0.3 is 5.11 Å². The third-order valence-corrected chi connectivity index (χ3v) is 4.57. The van der Waals surface area contributed by atoms with Crippen molar-refractivity contribution in [3.05, 3.63) is 29.6 Å². The van der Waals surface area contributed by atoms with Crippen LogP contribution < -0.4 is 5.48 Å². The number of hydrogen-bond donors (Lipinski definition) is 3. The molecule has 1 heterocycles. The number of amidine groups is 1. The maximum absolute atomic E-state index is 13.3. The van der Waals surface area contributed by atoms with E-state index < -0.39 is 22.2 Å². The second-order valence-corrected chi connectivity index (χ2v) is 6.81. The van der Waals surface area contributed by atoms with Gasteiger partial charge in [0.1, 0.15) is 11.4 Å². The number of thioether (sulfide) groups is 1. The van der Waals surface area contributed by atoms with Crippen molar-refractivity contribution in [1.82, 2.24) is 15.8 Å². The number of allylic oxidation sites excluding steroid dienone is 3. The molecule has 11 heteroatoms. The number of halogens is 2. The zero-order chi connectivity index (χ0) is 17.0. The summed E-state index contributed by atoms with van der Waals surface area (Å²) in [4.78, 5) is 14.5. The smallest absolute Gasteiger partial charge is 0.316 e. The predicted octanol–water partition coefficient (Wildman–Crippen LogP) is 1.92. The topological polar surface area (TPSA) is 121 Å². The van der Waals surface area contributed by atoms with Crippen LogP contribution in [0.4, 0.5) is 4.39 Å². The summed E-state index contributed by atoms with van der Waals surface area (Å²) in [5.41, 5.74) is 2.29. The van der Waals surface area contributed by atoms with E-state index in [1.165, 1.54) is 25.2 Å². The largest absolute Gasteiger partial charge is 0.480 e. The van der Waals surface area contributed by atoms with Crippen LogP contribution in [0.25, 0.3) is 0 Å². The summed E-state index contributed by atoms with van der Waals surface area (Å²) in [6.07, 6.45) is 3.11. The fourth-order valence-corrected chi connectivity index (χ4v) is 2.77. The Morgan fingerprint density at radius 2 is 2.35 bits per heavy atom. The number of hydrogen-bond acceptors (Lipinski definition) is 7. The normalized spacial score (nSPS) is 22.6. The summed E-state index contributed by atoms with van der Waals surface area (Å²) < 4.78 is 17.9. The molecule has 1 aliphatic rings. The van der Waals surface area contributed by atoms with Gasteiger partial charge in [0.2, 0.25) is 0 Å². The van der Waals surface area contributed by atoms with Gasteiger partial charge in [0, 0.05) is 0 Å². The Kier molecular flexibility index (Phi) is 5.91. The van der Waals surface area contributed by atoms with Gasteiger partial charge in [0.25, 0.3) is 0 Å². The zero-order valence-electron chi connectivity index (χ0n) is 11.7. The summed E-state index contributed by atoms with van der Waals surface area (Å²) in [5, 5.41) is 24.8. The molecule has 0 bridgehead atoms. The number of hydroxylamine groups is 1. The molecular formula is C12H12BrFN4O4S. The van der Waals surface area contributed by atoms with Crippen LogP contribution in [0.5, 0.6) is 0 Å². The van der Waals surface area contributed by atoms with E-state index in [0.717, 1.165) is 11.8 Å². The molecule has 124 valence electrons. The van der Waals surface area contributed by atoms with Crippen molar-refractivity contribution in [3.8, 4) is 0 Å². The van der Waals surface area contributed by atoms with Crippen LogP contribution in [0.15, 0.2) is 38.6 Å². The molecule has 3 unspecified atom stereocenters. The van der Waals surface area contributed by atoms with Gasteiger partial charge in [-0.15, -0.1) is 0 Å². The Hall–Kier alpha value is -1.72. The highest BCUT2D eigenvalue weighted by Gasteiger charge is 2.23. The van der Waals surface area contributed by atoms with E-state index in [-0.39, 0.29) is 16.6 Å². The van der Waals surface area contributed by atoms with Crippen molar-refractivity contribution < 1.29 is 24.1 Å². The van der Waals surface area contributed by atoms with Gasteiger partial charge in [-0.3, -0.25) is 15.5 Å². The number of carbonyl (C=O) groups is 1. The van der Waals surface area contributed by atoms with Gasteiger partial charge in [-0.1, -0.05) is 27.7 Å². The monoisotopic (exact) mass is 406 g/mol. The van der Waals surface area contributed by atoms with Crippen LogP contribution in [0.3, 0.4) is 0 Å². The highest BCUT2D eigenvalue weighted by atomic mass is 79.9. The molecule has 1 aromatic rings. The Morgan fingerprint density at radius 3 is 2.96 bits per heavy atom. The predicted molar refractivity (Wildman–Crippen MR) is 83.5 cm³/mol. The molecule has 1 aromatic heterocycles. The zero-order valence-corrected chi connectivity index (χ0v) is 14.1. The van der Waals surface area contributed by atoms with E-state index >= 15 is 0 Å². The lowest BCUT2D eigenvalue weighted by molar-refractivity contribution is -0.136. The molecule has 2 rings (SSSR count). The Bertz CT molecular complexity index is 678. The minimum atomic E-state index is -1.17. The van der Waals surface area contributed by atoms with Crippen LogP contribution in [0, 0.1) is 0 Å². The first kappa shape index (κ1) is 17.6. The molecule has 0 aliphatic heterocycles. The number of aromatic nitrogens is 2. The Labute approximate surface area is 142 Å². The molecule has 23 heavy (non-hydrogen) atoms. The molecule has 3 N–H and O–H groups in total. The van der Waals surface area contributed by atoms with Gasteiger partial charge in [-0.25, -0.2) is 14.0 Å². The fraction of sp³-hybridized carbons (Fsp3) is 0.333. The molecule has 0 saturated carbocycles. The van der Waals surface area contributed by atoms with Crippen LogP contribution in [0.2, 0.25) is 0 Å². The van der Waals surface area contributed by atoms with Gasteiger partial charge in [0.05, 0.1) is 10.5 Å². The van der Waals surface area contributed by atoms with E-state index in [0.29, 0.717) is 5.70 Å². The quantitative estimate of drug-likeness (QED) is 0.223. The van der Waals surface area contributed by atoms with Crippen molar-refractivity contribution in [3.63, 3.8) is 0 Å². The molecule has 1 aliphatic carbocycles. The number of nitrogens with zero attached hydrogens (tertiary/aromatic N) is 3. The van der Waals surface area contributed by atoms with Crippen LogP contribution in [-0.4, -0.2) is 48.7 Å². The molecular weight excluding hydrogens is 395 g/mol. The highest BCUT2D eigenvalue weighted by molar-refractivity contribution is 9.09. The average Bonchev–Trinajstić information content (AvgIpc) is 2.96. The highest BCUT2D eigenvalue weighted by Crippen LogP contribution is 2.25. The van der Waals surface area contributed by atoms with Gasteiger partial charge in [0.15, 0.2) is 16.6 Å². The number of aliphatic carboxylic acids is 1. The molecule has 0 radical (unpaired) electrons. The van der Waals surface area contributed by atoms with E-state index in [2.05, 4.69) is 35.9 Å². The number of carboxylic acid groups (broad SMARTS) is 1. The van der Waals surface area contributed by atoms with Gasteiger partial charge in [-0.05, 0) is 35.5 Å². The van der Waals surface area contributed by atoms with E-state index in [4.69, 9.17) is 5.11 Å². The Morgan fingerprint density at radius 1 is 1.61 bits per heavy atom. The second kappa shape index (κ2) is 7.70. The number of aliphatic imine (C=N–C) groups is 1. The van der Waals surface area contributed by atoms with Gasteiger partial charge >= 0.3 is 5.97 Å². The molecule has 0 aromatic carbocycles. The summed E-state index contributed by atoms with van der Waals surface area (Å²) in [6, 6.07) is 0. The summed E-state index contributed by atoms with van der Waals surface area (Å²) in [7, 11) is 0. The summed E-state index contributed by atoms with van der Waals surface area (Å²) >= 11 is 4.03. The average molecular weight is 407 g/mol. The number of alkyl halides is 2. The minimum Gasteiger partial charge on any atom is -0.480 e. The molecule has 0 saturated heterocycles. The lowest BCUT2D eigenvalue weighted by atomic mass is 10.1. The summed E-state index contributed by atoms with van der Waals surface area (Å²) in [5.74, 6) is -1.13. The maximum Gasteiger partial charge on any atom is 0.316 e. The van der Waals surface area contributed by atoms with Crippen LogP contribution in [-0.2, 0) is 4.79 Å². The SMILES string of the molecule is CC(Sc1nonc1C(=NC1=CC(Br)C(F)C=C1)NO)C(=O)O. The standard InChI is InChI=1S/C12H12BrFN4O4S/c1-5(12(19)20)23-11-9(17-22-18-11)10(16-21)15-6-2-3-8(14)7(13)4-6/h2-5,7-8,21H,1H3,(H,15,16)(H,19,20). The Balaban J connectivity index is 2.27. The number of rotatable bonds is 5. The first-order valence-corrected chi connectivity index (χ1v) is 8.11. The third-order valence-electron chi connectivity index (χ3n) is 2.75. The second-order valence-electron chi connectivity index (χ2n) is 4.43. The third kappa shape index (κ3) is 4.39. The van der Waals surface area contributed by atoms with Crippen LogP contribution in [0.1, 0.15) is 12.6 Å². The maximum atomic E-state index is 13.3. The lowest BCUT2D eigenvalue weighted by Gasteiger charge is -2.13. The first-order chi connectivity index (χ1) is 10.9. The van der Waals surface area contributed by atoms with Crippen molar-refractivity contribution in [2.24, 2.45) is 4.99 Å². The van der Waals surface area contributed by atoms with E-state index in [1.54, 1.807) is 0 Å². The number of nitrogens with one attached hydrogen (secondary N) is 1. The minimum absolute atomic E-state index is 0.0494. The van der Waals surface area contributed by atoms with E-state index in [1.807, 2.05) is 5.48 Å². The molecule has 3 atom stereocenters. The molecule has 8 nitrogen and oxygen atoms in total. The van der Waals surface area contributed by atoms with Crippen LogP contribution >= 0.6 is 27.7 Å². The van der Waals surface area contributed by atoms with Crippen molar-refractivity contribution in [2.45, 2.75) is 28.2 Å². The molecule has 0 amide bonds. The number of carboxylic acids is 1. The molecule has 0 fully saturated rings. The van der Waals surface area contributed by atoms with Crippen molar-refractivity contribution >= 4 is 39.5 Å². The van der Waals surface area contributed by atoms with Crippen molar-refractivity contribution in [2.75, 3.05) is 0 Å². The molecule has 0 spiro atoms.